The molecule has 0 spiro atoms. The summed E-state index contributed by atoms with van der Waals surface area (Å²) in [5.41, 5.74) is 3.53. The molecule has 6 nitrogen and oxygen atoms in total. The van der Waals surface area contributed by atoms with Crippen LogP contribution in [0.15, 0.2) is 59.0 Å². The number of hydrogen-bond acceptors (Lipinski definition) is 4. The predicted octanol–water partition coefficient (Wildman–Crippen LogP) is 5.40. The van der Waals surface area contributed by atoms with Gasteiger partial charge in [-0.25, -0.2) is 4.79 Å². The van der Waals surface area contributed by atoms with Gasteiger partial charge in [-0.15, -0.1) is 11.3 Å². The van der Waals surface area contributed by atoms with Gasteiger partial charge < -0.3 is 10.4 Å². The number of benzene rings is 1. The van der Waals surface area contributed by atoms with Crippen LogP contribution in [0, 0.1) is 0 Å². The number of amides is 1. The van der Waals surface area contributed by atoms with Crippen LogP contribution in [0.5, 0.6) is 0 Å². The van der Waals surface area contributed by atoms with Crippen LogP contribution in [0.1, 0.15) is 39.3 Å². The quantitative estimate of drug-likeness (QED) is 0.557. The lowest BCUT2D eigenvalue weighted by Crippen LogP contribution is -2.14. The average Bonchev–Trinajstić information content (AvgIpc) is 3.33. The minimum absolute atomic E-state index is 0.0882. The molecule has 0 radical (unpaired) electrons. The molecule has 0 aliphatic heterocycles. The molecule has 0 saturated carbocycles. The molecule has 0 fully saturated rings. The van der Waals surface area contributed by atoms with Crippen LogP contribution in [0.25, 0.3) is 16.8 Å². The predicted molar refractivity (Wildman–Crippen MR) is 119 cm³/mol. The van der Waals surface area contributed by atoms with Gasteiger partial charge in [-0.3, -0.25) is 9.48 Å². The Morgan fingerprint density at radius 3 is 2.63 bits per heavy atom. The maximum atomic E-state index is 12.8. The molecule has 1 amide bonds. The zero-order chi connectivity index (χ0) is 21.3. The third kappa shape index (κ3) is 3.94. The summed E-state index contributed by atoms with van der Waals surface area (Å²) < 4.78 is 1.63. The number of hydrogen-bond donors (Lipinski definition) is 2. The van der Waals surface area contributed by atoms with E-state index in [1.54, 1.807) is 29.3 Å². The minimum atomic E-state index is -1.09. The van der Waals surface area contributed by atoms with Crippen molar-refractivity contribution in [3.63, 3.8) is 0 Å². The second-order valence-electron chi connectivity index (χ2n) is 6.82. The van der Waals surface area contributed by atoms with Crippen molar-refractivity contribution in [2.75, 3.05) is 5.32 Å². The summed E-state index contributed by atoms with van der Waals surface area (Å²) >= 11 is 7.20. The van der Waals surface area contributed by atoms with Crippen LogP contribution in [-0.2, 0) is 7.05 Å². The Labute approximate surface area is 182 Å². The van der Waals surface area contributed by atoms with Crippen LogP contribution >= 0.6 is 22.9 Å². The zero-order valence-corrected chi connectivity index (χ0v) is 17.6. The van der Waals surface area contributed by atoms with Gasteiger partial charge in [0, 0.05) is 23.0 Å². The van der Waals surface area contributed by atoms with E-state index < -0.39 is 11.9 Å². The summed E-state index contributed by atoms with van der Waals surface area (Å²) in [5.74, 6) is -1.54. The standard InChI is InChI=1S/C22H18ClN3O3S/c1-26-18(14-5-3-2-4-6-14)11-17(25-26)20(27)24-21-19(22(28)29)16(12-30-21)13-7-9-15(23)10-8-13/h2-7,9,11-12H,8,10H2,1H3,(H,24,27)(H,28,29). The average molecular weight is 440 g/mol. The normalized spacial score (nSPS) is 13.5. The lowest BCUT2D eigenvalue weighted by Gasteiger charge is -2.11. The van der Waals surface area contributed by atoms with Crippen molar-refractivity contribution < 1.29 is 14.7 Å². The van der Waals surface area contributed by atoms with Crippen LogP contribution in [0.2, 0.25) is 0 Å². The lowest BCUT2D eigenvalue weighted by atomic mass is 9.96. The summed E-state index contributed by atoms with van der Waals surface area (Å²) in [5, 5.41) is 19.6. The SMILES string of the molecule is Cn1nc(C(=O)Nc2scc(C3=CC=C(Cl)CC3)c2C(=O)O)cc1-c1ccccc1. The van der Waals surface area contributed by atoms with Crippen molar-refractivity contribution in [2.24, 2.45) is 7.05 Å². The fourth-order valence-corrected chi connectivity index (χ4v) is 4.49. The van der Waals surface area contributed by atoms with Gasteiger partial charge in [-0.2, -0.15) is 5.10 Å². The van der Waals surface area contributed by atoms with E-state index in [2.05, 4.69) is 10.4 Å². The number of carboxylic acids is 1. The van der Waals surface area contributed by atoms with E-state index in [1.165, 1.54) is 11.3 Å². The number of aryl methyl sites for hydroxylation is 1. The lowest BCUT2D eigenvalue weighted by molar-refractivity contribution is 0.0698. The Hall–Kier alpha value is -3.16. The summed E-state index contributed by atoms with van der Waals surface area (Å²) in [4.78, 5) is 24.7. The molecule has 2 N–H and O–H groups in total. The fourth-order valence-electron chi connectivity index (χ4n) is 3.36. The number of carbonyl (C=O) groups excluding carboxylic acids is 1. The van der Waals surface area contributed by atoms with E-state index in [9.17, 15) is 14.7 Å². The van der Waals surface area contributed by atoms with E-state index >= 15 is 0 Å². The second kappa shape index (κ2) is 8.30. The zero-order valence-electron chi connectivity index (χ0n) is 16.1. The van der Waals surface area contributed by atoms with Crippen molar-refractivity contribution in [1.82, 2.24) is 9.78 Å². The monoisotopic (exact) mass is 439 g/mol. The van der Waals surface area contributed by atoms with Gasteiger partial charge in [0.15, 0.2) is 5.69 Å². The number of aromatic carboxylic acids is 1. The first-order valence-electron chi connectivity index (χ1n) is 9.25. The van der Waals surface area contributed by atoms with Crippen LogP contribution in [-0.4, -0.2) is 26.8 Å². The molecule has 0 saturated heterocycles. The van der Waals surface area contributed by atoms with E-state index in [4.69, 9.17) is 11.6 Å². The molecule has 2 heterocycles. The highest BCUT2D eigenvalue weighted by Crippen LogP contribution is 2.37. The van der Waals surface area contributed by atoms with E-state index in [-0.39, 0.29) is 16.3 Å². The number of aromatic nitrogens is 2. The number of rotatable bonds is 5. The number of thiophene rings is 1. The molecular formula is C22H18ClN3O3S. The summed E-state index contributed by atoms with van der Waals surface area (Å²) in [6.07, 6.45) is 4.93. The Balaban J connectivity index is 1.62. The number of carboxylic acid groups (broad SMARTS) is 1. The first kappa shape index (κ1) is 20.1. The van der Waals surface area contributed by atoms with Gasteiger partial charge in [0.2, 0.25) is 0 Å². The van der Waals surface area contributed by atoms with Crippen molar-refractivity contribution in [3.8, 4) is 11.3 Å². The Morgan fingerprint density at radius 1 is 1.20 bits per heavy atom. The molecule has 30 heavy (non-hydrogen) atoms. The summed E-state index contributed by atoms with van der Waals surface area (Å²) in [6.45, 7) is 0. The summed E-state index contributed by atoms with van der Waals surface area (Å²) in [6, 6.07) is 11.3. The van der Waals surface area contributed by atoms with Crippen LogP contribution in [0.3, 0.4) is 0 Å². The van der Waals surface area contributed by atoms with Crippen molar-refractivity contribution in [1.29, 1.82) is 0 Å². The van der Waals surface area contributed by atoms with Crippen molar-refractivity contribution in [3.05, 3.63) is 75.8 Å². The van der Waals surface area contributed by atoms with Crippen molar-refractivity contribution >= 4 is 45.4 Å². The molecule has 8 heteroatoms. The van der Waals surface area contributed by atoms with Gasteiger partial charge in [-0.1, -0.05) is 48.0 Å². The molecule has 0 bridgehead atoms. The third-order valence-electron chi connectivity index (χ3n) is 4.86. The summed E-state index contributed by atoms with van der Waals surface area (Å²) in [7, 11) is 1.76. The Morgan fingerprint density at radius 2 is 1.97 bits per heavy atom. The molecule has 1 aliphatic carbocycles. The van der Waals surface area contributed by atoms with Gasteiger partial charge >= 0.3 is 5.97 Å². The molecule has 4 rings (SSSR count). The fraction of sp³-hybridized carbons (Fsp3) is 0.136. The smallest absolute Gasteiger partial charge is 0.339 e. The third-order valence-corrected chi connectivity index (χ3v) is 6.07. The van der Waals surface area contributed by atoms with Gasteiger partial charge in [-0.05, 0) is 36.1 Å². The maximum Gasteiger partial charge on any atom is 0.339 e. The maximum absolute atomic E-state index is 12.8. The molecule has 1 aliphatic rings. The number of halogens is 1. The number of nitrogens with zero attached hydrogens (tertiary/aromatic N) is 2. The van der Waals surface area contributed by atoms with Crippen molar-refractivity contribution in [2.45, 2.75) is 12.8 Å². The highest BCUT2D eigenvalue weighted by atomic mass is 35.5. The van der Waals surface area contributed by atoms with Gasteiger partial charge in [0.25, 0.3) is 5.91 Å². The number of anilines is 1. The van der Waals surface area contributed by atoms with Crippen LogP contribution < -0.4 is 5.32 Å². The first-order chi connectivity index (χ1) is 14.4. The Bertz CT molecular complexity index is 1190. The molecule has 2 aromatic heterocycles. The second-order valence-corrected chi connectivity index (χ2v) is 8.19. The minimum Gasteiger partial charge on any atom is -0.478 e. The number of carbonyl (C=O) groups is 2. The van der Waals surface area contributed by atoms with Gasteiger partial charge in [0.1, 0.15) is 10.6 Å². The van der Waals surface area contributed by atoms with E-state index in [0.717, 1.165) is 21.9 Å². The highest BCUT2D eigenvalue weighted by molar-refractivity contribution is 7.15. The van der Waals surface area contributed by atoms with E-state index in [1.807, 2.05) is 36.4 Å². The largest absolute Gasteiger partial charge is 0.478 e. The molecule has 152 valence electrons. The molecule has 3 aromatic rings. The van der Waals surface area contributed by atoms with Gasteiger partial charge in [0.05, 0.1) is 5.69 Å². The van der Waals surface area contributed by atoms with Crippen LogP contribution in [0.4, 0.5) is 5.00 Å². The highest BCUT2D eigenvalue weighted by Gasteiger charge is 2.24. The number of nitrogens with one attached hydrogen (secondary N) is 1. The first-order valence-corrected chi connectivity index (χ1v) is 10.5. The molecular weight excluding hydrogens is 422 g/mol. The Kier molecular flexibility index (Phi) is 5.57. The number of allylic oxidation sites excluding steroid dienone is 4. The molecule has 0 atom stereocenters. The molecule has 1 aromatic carbocycles. The van der Waals surface area contributed by atoms with E-state index in [0.29, 0.717) is 18.4 Å². The topological polar surface area (TPSA) is 84.2 Å². The molecule has 0 unspecified atom stereocenters.